The first kappa shape index (κ1) is 16.1. The number of carbonyl (C=O) groups is 1. The van der Waals surface area contributed by atoms with Gasteiger partial charge in [0.25, 0.3) is 5.91 Å². The Balaban J connectivity index is 2.18. The summed E-state index contributed by atoms with van der Waals surface area (Å²) in [4.78, 5) is 12.3. The minimum absolute atomic E-state index is 0.221. The van der Waals surface area contributed by atoms with Gasteiger partial charge in [-0.05, 0) is 42.8 Å². The second kappa shape index (κ2) is 6.69. The molecule has 3 nitrogen and oxygen atoms in total. The van der Waals surface area contributed by atoms with Crippen LogP contribution in [0.3, 0.4) is 0 Å². The molecule has 0 radical (unpaired) electrons. The predicted molar refractivity (Wildman–Crippen MR) is 90.9 cm³/mol. The molecule has 1 unspecified atom stereocenters. The summed E-state index contributed by atoms with van der Waals surface area (Å²) in [6.45, 7) is 1.86. The molecule has 2 rings (SSSR count). The maximum Gasteiger partial charge on any atom is 0.251 e. The zero-order chi connectivity index (χ0) is 15.6. The summed E-state index contributed by atoms with van der Waals surface area (Å²) in [5.74, 6) is -0.221. The first-order chi connectivity index (χ1) is 9.86. The highest BCUT2D eigenvalue weighted by atomic mass is 79.9. The van der Waals surface area contributed by atoms with E-state index in [2.05, 4.69) is 21.2 Å². The van der Waals surface area contributed by atoms with Crippen LogP contribution in [0.25, 0.3) is 0 Å². The number of halogens is 3. The minimum atomic E-state index is -0.248. The quantitative estimate of drug-likeness (QED) is 0.741. The minimum Gasteiger partial charge on any atom is -0.399 e. The fourth-order valence-corrected chi connectivity index (χ4v) is 3.04. The van der Waals surface area contributed by atoms with Crippen molar-refractivity contribution in [3.05, 3.63) is 62.0 Å². The molecule has 0 heterocycles. The monoisotopic (exact) mass is 386 g/mol. The molecule has 0 aliphatic carbocycles. The lowest BCUT2D eigenvalue weighted by Crippen LogP contribution is -2.26. The van der Waals surface area contributed by atoms with Gasteiger partial charge < -0.3 is 11.1 Å². The smallest absolute Gasteiger partial charge is 0.251 e. The third-order valence-electron chi connectivity index (χ3n) is 2.96. The molecule has 0 aromatic heterocycles. The fourth-order valence-electron chi connectivity index (χ4n) is 1.95. The van der Waals surface area contributed by atoms with E-state index in [1.165, 1.54) is 0 Å². The van der Waals surface area contributed by atoms with Crippen LogP contribution in [-0.2, 0) is 0 Å². The maximum atomic E-state index is 12.3. The van der Waals surface area contributed by atoms with Gasteiger partial charge in [0.15, 0.2) is 0 Å². The zero-order valence-electron chi connectivity index (χ0n) is 11.2. The lowest BCUT2D eigenvalue weighted by Gasteiger charge is -2.16. The van der Waals surface area contributed by atoms with Crippen molar-refractivity contribution >= 4 is 50.7 Å². The first-order valence-corrected chi connectivity index (χ1v) is 7.73. The van der Waals surface area contributed by atoms with Crippen molar-refractivity contribution in [3.63, 3.8) is 0 Å². The van der Waals surface area contributed by atoms with Crippen LogP contribution in [0, 0.1) is 0 Å². The number of anilines is 1. The number of benzene rings is 2. The SMILES string of the molecule is CC(NC(=O)c1cc(N)cc(Br)c1)c1ccc(Cl)cc1Cl. The van der Waals surface area contributed by atoms with Crippen molar-refractivity contribution in [3.8, 4) is 0 Å². The van der Waals surface area contributed by atoms with Crippen LogP contribution in [0.2, 0.25) is 10.0 Å². The molecule has 0 aliphatic rings. The van der Waals surface area contributed by atoms with Gasteiger partial charge in [-0.25, -0.2) is 0 Å². The van der Waals surface area contributed by atoms with Crippen LogP contribution in [0.5, 0.6) is 0 Å². The predicted octanol–water partition coefficient (Wildman–Crippen LogP) is 4.83. The number of nitrogens with one attached hydrogen (secondary N) is 1. The Morgan fingerprint density at radius 2 is 1.95 bits per heavy atom. The van der Waals surface area contributed by atoms with E-state index in [9.17, 15) is 4.79 Å². The molecule has 2 aromatic rings. The van der Waals surface area contributed by atoms with Crippen molar-refractivity contribution in [2.24, 2.45) is 0 Å². The molecule has 0 spiro atoms. The summed E-state index contributed by atoms with van der Waals surface area (Å²) in [6, 6.07) is 10.0. The van der Waals surface area contributed by atoms with Crippen molar-refractivity contribution in [2.45, 2.75) is 13.0 Å². The van der Waals surface area contributed by atoms with Gasteiger partial charge in [0.1, 0.15) is 0 Å². The van der Waals surface area contributed by atoms with E-state index in [1.54, 1.807) is 36.4 Å². The lowest BCUT2D eigenvalue weighted by atomic mass is 10.1. The highest BCUT2D eigenvalue weighted by Gasteiger charge is 2.15. The van der Waals surface area contributed by atoms with Crippen molar-refractivity contribution < 1.29 is 4.79 Å². The summed E-state index contributed by atoms with van der Waals surface area (Å²) in [6.07, 6.45) is 0. The van der Waals surface area contributed by atoms with E-state index in [4.69, 9.17) is 28.9 Å². The molecule has 0 aliphatic heterocycles. The molecule has 6 heteroatoms. The summed E-state index contributed by atoms with van der Waals surface area (Å²) in [5.41, 5.74) is 7.54. The van der Waals surface area contributed by atoms with Gasteiger partial charge in [0.2, 0.25) is 0 Å². The normalized spacial score (nSPS) is 12.0. The Kier molecular flexibility index (Phi) is 5.14. The summed E-state index contributed by atoms with van der Waals surface area (Å²) < 4.78 is 0.754. The van der Waals surface area contributed by atoms with Crippen LogP contribution in [0.15, 0.2) is 40.9 Å². The molecule has 0 fully saturated rings. The molecule has 2 aromatic carbocycles. The first-order valence-electron chi connectivity index (χ1n) is 6.18. The number of amides is 1. The van der Waals surface area contributed by atoms with Crippen molar-refractivity contribution in [1.29, 1.82) is 0 Å². The Morgan fingerprint density at radius 3 is 2.57 bits per heavy atom. The molecule has 1 amide bonds. The Hall–Kier alpha value is -1.23. The van der Waals surface area contributed by atoms with Crippen molar-refractivity contribution in [1.82, 2.24) is 5.32 Å². The van der Waals surface area contributed by atoms with Gasteiger partial charge >= 0.3 is 0 Å². The van der Waals surface area contributed by atoms with Crippen LogP contribution < -0.4 is 11.1 Å². The molecule has 110 valence electrons. The number of hydrogen-bond donors (Lipinski definition) is 2. The largest absolute Gasteiger partial charge is 0.399 e. The Morgan fingerprint density at radius 1 is 1.24 bits per heavy atom. The van der Waals surface area contributed by atoms with Gasteiger partial charge in [-0.15, -0.1) is 0 Å². The second-order valence-corrected chi connectivity index (χ2v) is 6.39. The third-order valence-corrected chi connectivity index (χ3v) is 3.98. The molecule has 0 bridgehead atoms. The highest BCUT2D eigenvalue weighted by Crippen LogP contribution is 2.26. The van der Waals surface area contributed by atoms with Crippen molar-refractivity contribution in [2.75, 3.05) is 5.73 Å². The zero-order valence-corrected chi connectivity index (χ0v) is 14.3. The van der Waals surface area contributed by atoms with Gasteiger partial charge in [0, 0.05) is 25.8 Å². The lowest BCUT2D eigenvalue weighted by molar-refractivity contribution is 0.0940. The van der Waals surface area contributed by atoms with E-state index in [-0.39, 0.29) is 11.9 Å². The number of nitrogens with two attached hydrogens (primary N) is 1. The Labute approximate surface area is 141 Å². The standard InChI is InChI=1S/C15H13BrCl2N2O/c1-8(13-3-2-11(17)7-14(13)18)20-15(21)9-4-10(16)6-12(19)5-9/h2-8H,19H2,1H3,(H,20,21). The average Bonchev–Trinajstić information content (AvgIpc) is 2.37. The number of hydrogen-bond acceptors (Lipinski definition) is 2. The fraction of sp³-hybridized carbons (Fsp3) is 0.133. The second-order valence-electron chi connectivity index (χ2n) is 4.63. The number of nitrogen functional groups attached to an aromatic ring is 1. The van der Waals surface area contributed by atoms with E-state index in [0.717, 1.165) is 10.0 Å². The number of rotatable bonds is 3. The number of carbonyl (C=O) groups excluding carboxylic acids is 1. The Bertz CT molecular complexity index is 671. The van der Waals surface area contributed by atoms with E-state index in [1.807, 2.05) is 6.92 Å². The summed E-state index contributed by atoms with van der Waals surface area (Å²) >= 11 is 15.3. The maximum absolute atomic E-state index is 12.3. The van der Waals surface area contributed by atoms with Crippen LogP contribution in [0.4, 0.5) is 5.69 Å². The van der Waals surface area contributed by atoms with E-state index in [0.29, 0.717) is 21.3 Å². The van der Waals surface area contributed by atoms with E-state index >= 15 is 0 Å². The van der Waals surface area contributed by atoms with Crippen LogP contribution in [0.1, 0.15) is 28.9 Å². The molecular weight excluding hydrogens is 375 g/mol. The molecule has 0 saturated carbocycles. The topological polar surface area (TPSA) is 55.1 Å². The molecule has 0 saturated heterocycles. The van der Waals surface area contributed by atoms with Gasteiger partial charge in [-0.2, -0.15) is 0 Å². The average molecular weight is 388 g/mol. The summed E-state index contributed by atoms with van der Waals surface area (Å²) in [5, 5.41) is 3.96. The van der Waals surface area contributed by atoms with Gasteiger partial charge in [-0.1, -0.05) is 45.2 Å². The highest BCUT2D eigenvalue weighted by molar-refractivity contribution is 9.10. The van der Waals surface area contributed by atoms with E-state index < -0.39 is 0 Å². The molecule has 21 heavy (non-hydrogen) atoms. The van der Waals surface area contributed by atoms with Crippen LogP contribution >= 0.6 is 39.1 Å². The molecular formula is C15H13BrCl2N2O. The molecule has 3 N–H and O–H groups in total. The van der Waals surface area contributed by atoms with Gasteiger partial charge in [0.05, 0.1) is 6.04 Å². The summed E-state index contributed by atoms with van der Waals surface area (Å²) in [7, 11) is 0. The third kappa shape index (κ3) is 4.13. The molecule has 1 atom stereocenters. The van der Waals surface area contributed by atoms with Crippen LogP contribution in [-0.4, -0.2) is 5.91 Å². The van der Waals surface area contributed by atoms with Gasteiger partial charge in [-0.3, -0.25) is 4.79 Å².